The lowest BCUT2D eigenvalue weighted by molar-refractivity contribution is -0.130. The van der Waals surface area contributed by atoms with E-state index in [4.69, 9.17) is 4.42 Å². The molecule has 0 radical (unpaired) electrons. The Bertz CT molecular complexity index is 851. The van der Waals surface area contributed by atoms with E-state index in [1.165, 1.54) is 16.7 Å². The topological polar surface area (TPSA) is 93.4 Å². The van der Waals surface area contributed by atoms with Gasteiger partial charge in [0.1, 0.15) is 0 Å². The third-order valence-electron chi connectivity index (χ3n) is 4.16. The average Bonchev–Trinajstić information content (AvgIpc) is 3.20. The molecule has 1 aromatic carbocycles. The van der Waals surface area contributed by atoms with E-state index in [2.05, 4.69) is 10.2 Å². The van der Waals surface area contributed by atoms with Crippen molar-refractivity contribution in [2.75, 3.05) is 18.6 Å². The Kier molecular flexibility index (Phi) is 5.14. The second-order valence-electron chi connectivity index (χ2n) is 6.01. The van der Waals surface area contributed by atoms with Gasteiger partial charge in [-0.1, -0.05) is 30.0 Å². The second-order valence-corrected chi connectivity index (χ2v) is 9.53. The van der Waals surface area contributed by atoms with Gasteiger partial charge in [0.15, 0.2) is 9.84 Å². The van der Waals surface area contributed by atoms with Gasteiger partial charge in [-0.3, -0.25) is 4.79 Å². The van der Waals surface area contributed by atoms with Gasteiger partial charge in [-0.15, -0.1) is 10.2 Å². The summed E-state index contributed by atoms with van der Waals surface area (Å²) in [5, 5.41) is 7.84. The van der Waals surface area contributed by atoms with E-state index in [1.54, 1.807) is 14.0 Å². The Morgan fingerprint density at radius 3 is 2.68 bits per heavy atom. The maximum atomic E-state index is 12.5. The molecular weight excluding hydrogens is 362 g/mol. The number of carbonyl (C=O) groups excluding carboxylic acids is 1. The van der Waals surface area contributed by atoms with E-state index in [9.17, 15) is 13.2 Å². The van der Waals surface area contributed by atoms with Gasteiger partial charge in [0.2, 0.25) is 11.8 Å². The Morgan fingerprint density at radius 1 is 1.32 bits per heavy atom. The van der Waals surface area contributed by atoms with Gasteiger partial charge in [0.05, 0.1) is 16.8 Å². The van der Waals surface area contributed by atoms with Crippen molar-refractivity contribution < 1.29 is 17.6 Å². The molecule has 2 aromatic rings. The predicted octanol–water partition coefficient (Wildman–Crippen LogP) is 1.86. The number of sulfone groups is 1. The largest absolute Gasteiger partial charge is 0.411 e. The molecule has 9 heteroatoms. The van der Waals surface area contributed by atoms with Crippen molar-refractivity contribution in [1.82, 2.24) is 15.1 Å². The van der Waals surface area contributed by atoms with E-state index >= 15 is 0 Å². The maximum Gasteiger partial charge on any atom is 0.277 e. The van der Waals surface area contributed by atoms with Crippen LogP contribution in [0.5, 0.6) is 0 Å². The monoisotopic (exact) mass is 381 g/mol. The van der Waals surface area contributed by atoms with Gasteiger partial charge in [-0.05, 0) is 25.5 Å². The first-order valence-electron chi connectivity index (χ1n) is 7.88. The van der Waals surface area contributed by atoms with E-state index in [1.807, 2.05) is 30.3 Å². The van der Waals surface area contributed by atoms with E-state index < -0.39 is 15.1 Å². The zero-order chi connectivity index (χ0) is 18.0. The predicted molar refractivity (Wildman–Crippen MR) is 94.9 cm³/mol. The molecular formula is C16H19N3O4S2. The number of rotatable bonds is 5. The number of nitrogens with zero attached hydrogens (tertiary/aromatic N) is 3. The first-order chi connectivity index (χ1) is 11.9. The van der Waals surface area contributed by atoms with Crippen molar-refractivity contribution in [2.24, 2.45) is 0 Å². The van der Waals surface area contributed by atoms with Crippen molar-refractivity contribution in [3.8, 4) is 11.5 Å². The van der Waals surface area contributed by atoms with Crippen molar-refractivity contribution >= 4 is 27.5 Å². The third-order valence-corrected chi connectivity index (χ3v) is 6.83. The number of carbonyl (C=O) groups is 1. The number of hydrogen-bond acceptors (Lipinski definition) is 7. The Balaban J connectivity index is 1.63. The number of aromatic nitrogens is 2. The lowest BCUT2D eigenvalue weighted by Gasteiger charge is -2.25. The summed E-state index contributed by atoms with van der Waals surface area (Å²) in [5.41, 5.74) is 0.814. The van der Waals surface area contributed by atoms with Gasteiger partial charge in [-0.2, -0.15) is 0 Å². The van der Waals surface area contributed by atoms with Crippen LogP contribution in [0.15, 0.2) is 40.0 Å². The van der Waals surface area contributed by atoms with Gasteiger partial charge in [0.25, 0.3) is 5.22 Å². The molecule has 3 rings (SSSR count). The highest BCUT2D eigenvalue weighted by atomic mass is 32.2. The second kappa shape index (κ2) is 7.17. The van der Waals surface area contributed by atoms with Crippen LogP contribution in [-0.2, 0) is 14.6 Å². The minimum Gasteiger partial charge on any atom is -0.411 e. The summed E-state index contributed by atoms with van der Waals surface area (Å²) in [6, 6.07) is 9.13. The van der Waals surface area contributed by atoms with Crippen LogP contribution < -0.4 is 0 Å². The van der Waals surface area contributed by atoms with Crippen LogP contribution in [0.2, 0.25) is 0 Å². The molecule has 7 nitrogen and oxygen atoms in total. The van der Waals surface area contributed by atoms with Gasteiger partial charge < -0.3 is 9.32 Å². The van der Waals surface area contributed by atoms with Gasteiger partial charge in [0, 0.05) is 18.7 Å². The molecule has 0 unspecified atom stereocenters. The molecule has 1 aliphatic heterocycles. The molecule has 0 saturated carbocycles. The molecule has 0 bridgehead atoms. The lowest BCUT2D eigenvalue weighted by atomic mass is 10.2. The summed E-state index contributed by atoms with van der Waals surface area (Å²) in [5.74, 6) is 0.427. The molecule has 134 valence electrons. The van der Waals surface area contributed by atoms with E-state index in [0.717, 1.165) is 5.56 Å². The summed E-state index contributed by atoms with van der Waals surface area (Å²) >= 11 is 1.17. The Labute approximate surface area is 150 Å². The van der Waals surface area contributed by atoms with Gasteiger partial charge in [-0.25, -0.2) is 8.42 Å². The van der Waals surface area contributed by atoms with Crippen molar-refractivity contribution in [3.63, 3.8) is 0 Å². The smallest absolute Gasteiger partial charge is 0.277 e. The fourth-order valence-corrected chi connectivity index (χ4v) is 5.26. The molecule has 0 aliphatic carbocycles. The highest BCUT2D eigenvalue weighted by Gasteiger charge is 2.34. The van der Waals surface area contributed by atoms with E-state index in [0.29, 0.717) is 17.5 Å². The SMILES string of the molecule is C[C@@H](Sc1nnc(-c2ccccc2)o1)C(=O)N(C)[C@@H]1CCS(=O)(=O)C1. The molecule has 2 atom stereocenters. The summed E-state index contributed by atoms with van der Waals surface area (Å²) in [6.07, 6.45) is 0.487. The standard InChI is InChI=1S/C16H19N3O4S2/c1-11(15(20)19(2)13-8-9-25(21,22)10-13)24-16-18-17-14(23-16)12-6-4-3-5-7-12/h3-7,11,13H,8-10H2,1-2H3/t11-,13-/m1/s1. The normalized spacial score (nSPS) is 20.3. The number of hydrogen-bond donors (Lipinski definition) is 0. The van der Waals surface area contributed by atoms with E-state index in [-0.39, 0.29) is 23.5 Å². The molecule has 25 heavy (non-hydrogen) atoms. The lowest BCUT2D eigenvalue weighted by Crippen LogP contribution is -2.41. The summed E-state index contributed by atoms with van der Waals surface area (Å²) in [6.45, 7) is 1.75. The molecule has 2 heterocycles. The highest BCUT2D eigenvalue weighted by Crippen LogP contribution is 2.28. The number of benzene rings is 1. The Morgan fingerprint density at radius 2 is 2.04 bits per heavy atom. The molecule has 1 amide bonds. The maximum absolute atomic E-state index is 12.5. The fourth-order valence-electron chi connectivity index (χ4n) is 2.70. The van der Waals surface area contributed by atoms with Crippen molar-refractivity contribution in [1.29, 1.82) is 0 Å². The van der Waals surface area contributed by atoms with Gasteiger partial charge >= 0.3 is 0 Å². The van der Waals surface area contributed by atoms with Crippen LogP contribution in [-0.4, -0.2) is 59.3 Å². The molecule has 1 fully saturated rings. The Hall–Kier alpha value is -1.87. The van der Waals surface area contributed by atoms with Crippen LogP contribution >= 0.6 is 11.8 Å². The zero-order valence-electron chi connectivity index (χ0n) is 14.0. The highest BCUT2D eigenvalue weighted by molar-refractivity contribution is 8.00. The molecule has 0 N–H and O–H groups in total. The van der Waals surface area contributed by atoms with Crippen molar-refractivity contribution in [2.45, 2.75) is 29.9 Å². The number of thioether (sulfide) groups is 1. The van der Waals surface area contributed by atoms with Crippen LogP contribution in [0.1, 0.15) is 13.3 Å². The quantitative estimate of drug-likeness (QED) is 0.730. The van der Waals surface area contributed by atoms with Crippen LogP contribution in [0.4, 0.5) is 0 Å². The molecule has 1 saturated heterocycles. The molecule has 1 aromatic heterocycles. The third kappa shape index (κ3) is 4.21. The zero-order valence-corrected chi connectivity index (χ0v) is 15.6. The first kappa shape index (κ1) is 17.9. The minimum absolute atomic E-state index is 0.0331. The van der Waals surface area contributed by atoms with Crippen molar-refractivity contribution in [3.05, 3.63) is 30.3 Å². The van der Waals surface area contributed by atoms with Crippen LogP contribution in [0, 0.1) is 0 Å². The van der Waals surface area contributed by atoms with Crippen LogP contribution in [0.3, 0.4) is 0 Å². The fraction of sp³-hybridized carbons (Fsp3) is 0.438. The molecule has 1 aliphatic rings. The van der Waals surface area contributed by atoms with Crippen LogP contribution in [0.25, 0.3) is 11.5 Å². The minimum atomic E-state index is -3.03. The first-order valence-corrected chi connectivity index (χ1v) is 10.6. The number of amides is 1. The summed E-state index contributed by atoms with van der Waals surface area (Å²) in [4.78, 5) is 14.1. The summed E-state index contributed by atoms with van der Waals surface area (Å²) in [7, 11) is -1.38. The molecule has 0 spiro atoms. The average molecular weight is 381 g/mol. The summed E-state index contributed by atoms with van der Waals surface area (Å²) < 4.78 is 28.8.